The second-order valence-corrected chi connectivity index (χ2v) is 5.00. The van der Waals surface area contributed by atoms with E-state index in [0.717, 1.165) is 28.7 Å². The van der Waals surface area contributed by atoms with Gasteiger partial charge < -0.3 is 0 Å². The molecule has 110 valence electrons. The zero-order valence-electron chi connectivity index (χ0n) is 11.2. The van der Waals surface area contributed by atoms with E-state index in [0.29, 0.717) is 10.6 Å². The molecule has 3 aromatic rings. The van der Waals surface area contributed by atoms with Crippen LogP contribution in [0.15, 0.2) is 53.8 Å². The molecule has 1 N–H and O–H groups in total. The van der Waals surface area contributed by atoms with Gasteiger partial charge in [-0.05, 0) is 42.0 Å². The monoisotopic (exact) mass is 317 g/mol. The van der Waals surface area contributed by atoms with E-state index < -0.39 is 11.6 Å². The largest absolute Gasteiger partial charge is 0.278 e. The number of halogens is 3. The molecule has 1 heterocycles. The Morgan fingerprint density at radius 3 is 2.73 bits per heavy atom. The van der Waals surface area contributed by atoms with Crippen molar-refractivity contribution in [3.63, 3.8) is 0 Å². The van der Waals surface area contributed by atoms with E-state index >= 15 is 0 Å². The molecular formula is C16H10ClF2N3. The normalized spacial score (nSPS) is 11.2. The van der Waals surface area contributed by atoms with E-state index in [4.69, 9.17) is 11.6 Å². The zero-order valence-corrected chi connectivity index (χ0v) is 12.0. The minimum Gasteiger partial charge on any atom is -0.278 e. The van der Waals surface area contributed by atoms with Crippen molar-refractivity contribution >= 4 is 34.4 Å². The molecule has 0 spiro atoms. The first-order valence-electron chi connectivity index (χ1n) is 6.42. The molecule has 0 saturated carbocycles. The Kier molecular flexibility index (Phi) is 3.98. The maximum atomic E-state index is 13.1. The Labute approximate surface area is 130 Å². The number of nitrogens with zero attached hydrogens (tertiary/aromatic N) is 2. The number of hydrogen-bond acceptors (Lipinski definition) is 3. The molecule has 2 aromatic carbocycles. The smallest absolute Gasteiger partial charge is 0.159 e. The van der Waals surface area contributed by atoms with Crippen LogP contribution in [-0.4, -0.2) is 11.2 Å². The van der Waals surface area contributed by atoms with Crippen molar-refractivity contribution < 1.29 is 8.78 Å². The minimum absolute atomic E-state index is 0.452. The van der Waals surface area contributed by atoms with Crippen molar-refractivity contribution in [3.05, 3.63) is 70.9 Å². The van der Waals surface area contributed by atoms with E-state index in [2.05, 4.69) is 15.5 Å². The van der Waals surface area contributed by atoms with Gasteiger partial charge in [0.15, 0.2) is 11.6 Å². The SMILES string of the molecule is Fc1ccc(/C=N/Nc2ccnc3cc(Cl)ccc23)cc1F. The van der Waals surface area contributed by atoms with Crippen LogP contribution in [0.4, 0.5) is 14.5 Å². The second-order valence-electron chi connectivity index (χ2n) is 4.56. The third-order valence-electron chi connectivity index (χ3n) is 3.05. The topological polar surface area (TPSA) is 37.3 Å². The molecule has 0 aliphatic rings. The van der Waals surface area contributed by atoms with Crippen LogP contribution in [0.3, 0.4) is 0 Å². The number of anilines is 1. The Bertz CT molecular complexity index is 865. The summed E-state index contributed by atoms with van der Waals surface area (Å²) in [6.45, 7) is 0. The van der Waals surface area contributed by atoms with E-state index in [9.17, 15) is 8.78 Å². The Morgan fingerprint density at radius 1 is 1.05 bits per heavy atom. The van der Waals surface area contributed by atoms with Gasteiger partial charge in [-0.1, -0.05) is 17.7 Å². The van der Waals surface area contributed by atoms with Crippen molar-refractivity contribution in [2.45, 2.75) is 0 Å². The van der Waals surface area contributed by atoms with Crippen molar-refractivity contribution in [3.8, 4) is 0 Å². The highest BCUT2D eigenvalue weighted by atomic mass is 35.5. The second kappa shape index (κ2) is 6.07. The first-order chi connectivity index (χ1) is 10.6. The van der Waals surface area contributed by atoms with Crippen LogP contribution in [0.1, 0.15) is 5.56 Å². The number of pyridine rings is 1. The molecule has 0 aliphatic carbocycles. The van der Waals surface area contributed by atoms with Crippen molar-refractivity contribution in [2.24, 2.45) is 5.10 Å². The number of hydrogen-bond donors (Lipinski definition) is 1. The number of benzene rings is 2. The summed E-state index contributed by atoms with van der Waals surface area (Å²) in [5, 5.41) is 5.49. The third kappa shape index (κ3) is 3.04. The fourth-order valence-electron chi connectivity index (χ4n) is 1.99. The number of aromatic nitrogens is 1. The summed E-state index contributed by atoms with van der Waals surface area (Å²) < 4.78 is 25.9. The van der Waals surface area contributed by atoms with Crippen LogP contribution >= 0.6 is 11.6 Å². The summed E-state index contributed by atoms with van der Waals surface area (Å²) in [6, 6.07) is 10.7. The summed E-state index contributed by atoms with van der Waals surface area (Å²) in [5.41, 5.74) is 4.78. The molecule has 22 heavy (non-hydrogen) atoms. The fourth-order valence-corrected chi connectivity index (χ4v) is 2.15. The molecule has 0 atom stereocenters. The molecule has 1 aromatic heterocycles. The third-order valence-corrected chi connectivity index (χ3v) is 3.28. The lowest BCUT2D eigenvalue weighted by atomic mass is 10.2. The summed E-state index contributed by atoms with van der Waals surface area (Å²) in [5.74, 6) is -1.80. The molecule has 0 radical (unpaired) electrons. The van der Waals surface area contributed by atoms with E-state index in [1.807, 2.05) is 6.07 Å². The quantitative estimate of drug-likeness (QED) is 0.565. The molecule has 0 saturated heterocycles. The maximum absolute atomic E-state index is 13.1. The predicted octanol–water partition coefficient (Wildman–Crippen LogP) is 4.61. The lowest BCUT2D eigenvalue weighted by Gasteiger charge is -2.05. The average molecular weight is 318 g/mol. The van der Waals surface area contributed by atoms with Crippen LogP contribution in [0.2, 0.25) is 5.02 Å². The van der Waals surface area contributed by atoms with E-state index in [1.165, 1.54) is 12.3 Å². The first kappa shape index (κ1) is 14.4. The number of fused-ring (bicyclic) bond motifs is 1. The van der Waals surface area contributed by atoms with Crippen molar-refractivity contribution in [1.82, 2.24) is 4.98 Å². The van der Waals surface area contributed by atoms with Crippen LogP contribution in [0.5, 0.6) is 0 Å². The summed E-state index contributed by atoms with van der Waals surface area (Å²) in [4.78, 5) is 4.22. The highest BCUT2D eigenvalue weighted by molar-refractivity contribution is 6.31. The standard InChI is InChI=1S/C16H10ClF2N3/c17-11-2-3-12-15(5-6-20-16(12)8-11)22-21-9-10-1-4-13(18)14(19)7-10/h1-9H,(H,20,22)/b21-9+. The molecule has 0 aliphatic heterocycles. The summed E-state index contributed by atoms with van der Waals surface area (Å²) in [7, 11) is 0. The zero-order chi connectivity index (χ0) is 15.5. The van der Waals surface area contributed by atoms with Crippen LogP contribution in [0, 0.1) is 11.6 Å². The molecule has 0 unspecified atom stereocenters. The van der Waals surface area contributed by atoms with Gasteiger partial charge in [0.25, 0.3) is 0 Å². The van der Waals surface area contributed by atoms with Crippen LogP contribution in [0.25, 0.3) is 10.9 Å². The Morgan fingerprint density at radius 2 is 1.91 bits per heavy atom. The van der Waals surface area contributed by atoms with Gasteiger partial charge in [-0.3, -0.25) is 10.4 Å². The molecule has 0 fully saturated rings. The highest BCUT2D eigenvalue weighted by Gasteiger charge is 2.02. The first-order valence-corrected chi connectivity index (χ1v) is 6.80. The van der Waals surface area contributed by atoms with E-state index in [1.54, 1.807) is 24.4 Å². The molecule has 3 rings (SSSR count). The van der Waals surface area contributed by atoms with Gasteiger partial charge in [0.05, 0.1) is 17.4 Å². The van der Waals surface area contributed by atoms with E-state index in [-0.39, 0.29) is 0 Å². The fraction of sp³-hybridized carbons (Fsp3) is 0. The number of nitrogens with one attached hydrogen (secondary N) is 1. The summed E-state index contributed by atoms with van der Waals surface area (Å²) >= 11 is 5.93. The lowest BCUT2D eigenvalue weighted by Crippen LogP contribution is -1.94. The van der Waals surface area contributed by atoms with Gasteiger partial charge in [0.2, 0.25) is 0 Å². The molecular weight excluding hydrogens is 308 g/mol. The molecule has 0 amide bonds. The molecule has 6 heteroatoms. The van der Waals surface area contributed by atoms with Crippen molar-refractivity contribution in [1.29, 1.82) is 0 Å². The highest BCUT2D eigenvalue weighted by Crippen LogP contribution is 2.24. The van der Waals surface area contributed by atoms with Gasteiger partial charge >= 0.3 is 0 Å². The Balaban J connectivity index is 1.84. The average Bonchev–Trinajstić information content (AvgIpc) is 2.50. The lowest BCUT2D eigenvalue weighted by molar-refractivity contribution is 0.508. The number of hydrazone groups is 1. The van der Waals surface area contributed by atoms with Gasteiger partial charge in [-0.2, -0.15) is 5.10 Å². The Hall–Kier alpha value is -2.53. The van der Waals surface area contributed by atoms with Gasteiger partial charge in [0, 0.05) is 16.6 Å². The number of rotatable bonds is 3. The van der Waals surface area contributed by atoms with Gasteiger partial charge in [-0.15, -0.1) is 0 Å². The summed E-state index contributed by atoms with van der Waals surface area (Å²) in [6.07, 6.45) is 3.04. The van der Waals surface area contributed by atoms with Crippen LogP contribution in [-0.2, 0) is 0 Å². The predicted molar refractivity (Wildman–Crippen MR) is 84.3 cm³/mol. The molecule has 3 nitrogen and oxygen atoms in total. The van der Waals surface area contributed by atoms with Gasteiger partial charge in [0.1, 0.15) is 0 Å². The molecule has 0 bridgehead atoms. The minimum atomic E-state index is -0.909. The van der Waals surface area contributed by atoms with Crippen LogP contribution < -0.4 is 5.43 Å². The van der Waals surface area contributed by atoms with Crippen molar-refractivity contribution in [2.75, 3.05) is 5.43 Å². The van der Waals surface area contributed by atoms with Gasteiger partial charge in [-0.25, -0.2) is 8.78 Å². The maximum Gasteiger partial charge on any atom is 0.159 e.